The molecule has 19 heavy (non-hydrogen) atoms. The average Bonchev–Trinajstić information content (AvgIpc) is 2.39. The van der Waals surface area contributed by atoms with Crippen LogP contribution in [0.4, 0.5) is 4.39 Å². The predicted molar refractivity (Wildman–Crippen MR) is 73.1 cm³/mol. The number of benzene rings is 1. The molecule has 1 aliphatic rings. The van der Waals surface area contributed by atoms with Crippen LogP contribution in [-0.2, 0) is 6.54 Å². The number of pyridine rings is 1. The number of rotatable bonds is 3. The van der Waals surface area contributed by atoms with Gasteiger partial charge in [-0.1, -0.05) is 12.1 Å². The van der Waals surface area contributed by atoms with Crippen molar-refractivity contribution in [2.75, 3.05) is 6.54 Å². The second kappa shape index (κ2) is 5.10. The smallest absolute Gasteiger partial charge is 0.123 e. The number of halogens is 1. The maximum absolute atomic E-state index is 12.9. The summed E-state index contributed by atoms with van der Waals surface area (Å²) in [5.41, 5.74) is 3.76. The quantitative estimate of drug-likeness (QED) is 0.836. The lowest BCUT2D eigenvalue weighted by atomic mass is 9.93. The zero-order chi connectivity index (χ0) is 13.2. The molecule has 0 amide bonds. The summed E-state index contributed by atoms with van der Waals surface area (Å²) in [6.45, 7) is 4.13. The largest absolute Gasteiger partial charge is 0.292 e. The molecule has 0 N–H and O–H groups in total. The fourth-order valence-corrected chi connectivity index (χ4v) is 2.59. The molecule has 0 spiro atoms. The molecule has 98 valence electrons. The van der Waals surface area contributed by atoms with Crippen LogP contribution in [-0.4, -0.2) is 16.4 Å². The highest BCUT2D eigenvalue weighted by Crippen LogP contribution is 2.34. The third-order valence-electron chi connectivity index (χ3n) is 3.90. The van der Waals surface area contributed by atoms with Gasteiger partial charge in [0.05, 0.1) is 0 Å². The molecule has 1 aromatic carbocycles. The standard InChI is InChI=1S/C16H17FN2/c1-12-10-18-8-6-14(12)11-19-9-7-16(19)13-2-4-15(17)5-3-13/h2-6,8,10,16H,7,9,11H2,1H3. The Balaban J connectivity index is 1.73. The van der Waals surface area contributed by atoms with Gasteiger partial charge in [-0.15, -0.1) is 0 Å². The minimum Gasteiger partial charge on any atom is -0.292 e. The van der Waals surface area contributed by atoms with Crippen LogP contribution in [0.1, 0.15) is 29.2 Å². The van der Waals surface area contributed by atoms with Gasteiger partial charge in [-0.3, -0.25) is 9.88 Å². The maximum atomic E-state index is 12.9. The van der Waals surface area contributed by atoms with Crippen LogP contribution >= 0.6 is 0 Å². The number of hydrogen-bond acceptors (Lipinski definition) is 2. The Kier molecular flexibility index (Phi) is 3.30. The van der Waals surface area contributed by atoms with Crippen LogP contribution in [0.2, 0.25) is 0 Å². The zero-order valence-corrected chi connectivity index (χ0v) is 11.0. The van der Waals surface area contributed by atoms with Crippen molar-refractivity contribution in [1.29, 1.82) is 0 Å². The minimum atomic E-state index is -0.167. The molecule has 1 fully saturated rings. The molecule has 3 rings (SSSR count). The summed E-state index contributed by atoms with van der Waals surface area (Å²) in [7, 11) is 0. The average molecular weight is 256 g/mol. The summed E-state index contributed by atoms with van der Waals surface area (Å²) >= 11 is 0. The lowest BCUT2D eigenvalue weighted by molar-refractivity contribution is 0.0816. The van der Waals surface area contributed by atoms with Gasteiger partial charge in [-0.25, -0.2) is 4.39 Å². The van der Waals surface area contributed by atoms with Crippen LogP contribution in [0.15, 0.2) is 42.7 Å². The van der Waals surface area contributed by atoms with Gasteiger partial charge in [0.1, 0.15) is 5.82 Å². The molecule has 1 unspecified atom stereocenters. The molecular formula is C16H17FN2. The first kappa shape index (κ1) is 12.3. The maximum Gasteiger partial charge on any atom is 0.123 e. The Morgan fingerprint density at radius 1 is 1.26 bits per heavy atom. The van der Waals surface area contributed by atoms with E-state index in [0.29, 0.717) is 6.04 Å². The van der Waals surface area contributed by atoms with Crippen molar-refractivity contribution >= 4 is 0 Å². The van der Waals surface area contributed by atoms with Crippen LogP contribution in [0, 0.1) is 12.7 Å². The fraction of sp³-hybridized carbons (Fsp3) is 0.312. The Morgan fingerprint density at radius 3 is 2.68 bits per heavy atom. The second-order valence-electron chi connectivity index (χ2n) is 5.13. The van der Waals surface area contributed by atoms with Gasteiger partial charge >= 0.3 is 0 Å². The van der Waals surface area contributed by atoms with Gasteiger partial charge in [-0.05, 0) is 48.2 Å². The highest BCUT2D eigenvalue weighted by molar-refractivity contribution is 5.25. The number of nitrogens with zero attached hydrogens (tertiary/aromatic N) is 2. The van der Waals surface area contributed by atoms with Gasteiger partial charge in [0, 0.05) is 31.5 Å². The molecule has 0 bridgehead atoms. The zero-order valence-electron chi connectivity index (χ0n) is 11.0. The number of hydrogen-bond donors (Lipinski definition) is 0. The van der Waals surface area contributed by atoms with E-state index < -0.39 is 0 Å². The molecule has 0 radical (unpaired) electrons. The summed E-state index contributed by atoms with van der Waals surface area (Å²) in [5.74, 6) is -0.167. The number of aromatic nitrogens is 1. The Hall–Kier alpha value is -1.74. The number of likely N-dealkylation sites (tertiary alicyclic amines) is 1. The van der Waals surface area contributed by atoms with E-state index in [1.54, 1.807) is 12.1 Å². The van der Waals surface area contributed by atoms with Crippen molar-refractivity contribution in [2.24, 2.45) is 0 Å². The van der Waals surface area contributed by atoms with Crippen molar-refractivity contribution in [3.63, 3.8) is 0 Å². The highest BCUT2D eigenvalue weighted by atomic mass is 19.1. The third-order valence-corrected chi connectivity index (χ3v) is 3.90. The van der Waals surface area contributed by atoms with Gasteiger partial charge in [-0.2, -0.15) is 0 Å². The third kappa shape index (κ3) is 2.51. The summed E-state index contributed by atoms with van der Waals surface area (Å²) in [6, 6.07) is 9.38. The molecule has 0 saturated carbocycles. The Bertz CT molecular complexity index is 565. The topological polar surface area (TPSA) is 16.1 Å². The lowest BCUT2D eigenvalue weighted by Crippen LogP contribution is -2.40. The first-order chi connectivity index (χ1) is 9.24. The Morgan fingerprint density at radius 2 is 2.05 bits per heavy atom. The monoisotopic (exact) mass is 256 g/mol. The van der Waals surface area contributed by atoms with E-state index in [0.717, 1.165) is 19.5 Å². The molecule has 0 aliphatic carbocycles. The van der Waals surface area contributed by atoms with Crippen LogP contribution in [0.5, 0.6) is 0 Å². The first-order valence-electron chi connectivity index (χ1n) is 6.63. The minimum absolute atomic E-state index is 0.167. The van der Waals surface area contributed by atoms with Gasteiger partial charge in [0.25, 0.3) is 0 Å². The van der Waals surface area contributed by atoms with E-state index in [4.69, 9.17) is 0 Å². The summed E-state index contributed by atoms with van der Waals surface area (Å²) in [4.78, 5) is 6.55. The highest BCUT2D eigenvalue weighted by Gasteiger charge is 2.29. The van der Waals surface area contributed by atoms with Gasteiger partial charge in [0.15, 0.2) is 0 Å². The SMILES string of the molecule is Cc1cnccc1CN1CCC1c1ccc(F)cc1. The molecule has 2 aromatic rings. The predicted octanol–water partition coefficient (Wildman–Crippen LogP) is 3.48. The molecule has 1 atom stereocenters. The lowest BCUT2D eigenvalue weighted by Gasteiger charge is -2.41. The van der Waals surface area contributed by atoms with E-state index >= 15 is 0 Å². The normalized spacial score (nSPS) is 19.2. The van der Waals surface area contributed by atoms with Crippen molar-refractivity contribution in [2.45, 2.75) is 25.9 Å². The van der Waals surface area contributed by atoms with Crippen LogP contribution < -0.4 is 0 Å². The van der Waals surface area contributed by atoms with E-state index in [2.05, 4.69) is 22.9 Å². The van der Waals surface area contributed by atoms with Crippen molar-refractivity contribution < 1.29 is 4.39 Å². The van der Waals surface area contributed by atoms with Crippen LogP contribution in [0.3, 0.4) is 0 Å². The first-order valence-corrected chi connectivity index (χ1v) is 6.63. The second-order valence-corrected chi connectivity index (χ2v) is 5.13. The van der Waals surface area contributed by atoms with Crippen molar-refractivity contribution in [3.05, 3.63) is 65.2 Å². The summed E-state index contributed by atoms with van der Waals surface area (Å²) < 4.78 is 12.9. The molecule has 1 saturated heterocycles. The van der Waals surface area contributed by atoms with E-state index in [1.165, 1.54) is 16.7 Å². The number of aryl methyl sites for hydroxylation is 1. The van der Waals surface area contributed by atoms with Gasteiger partial charge < -0.3 is 0 Å². The van der Waals surface area contributed by atoms with E-state index in [1.807, 2.05) is 24.5 Å². The van der Waals surface area contributed by atoms with Crippen LogP contribution in [0.25, 0.3) is 0 Å². The fourth-order valence-electron chi connectivity index (χ4n) is 2.59. The van der Waals surface area contributed by atoms with Crippen molar-refractivity contribution in [3.8, 4) is 0 Å². The summed E-state index contributed by atoms with van der Waals surface area (Å²) in [6.07, 6.45) is 4.90. The van der Waals surface area contributed by atoms with Crippen molar-refractivity contribution in [1.82, 2.24) is 9.88 Å². The molecule has 3 heteroatoms. The molecule has 2 heterocycles. The molecule has 2 nitrogen and oxygen atoms in total. The summed E-state index contributed by atoms with van der Waals surface area (Å²) in [5, 5.41) is 0. The molecule has 1 aliphatic heterocycles. The van der Waals surface area contributed by atoms with E-state index in [9.17, 15) is 4.39 Å². The van der Waals surface area contributed by atoms with Gasteiger partial charge in [0.2, 0.25) is 0 Å². The Labute approximate surface area is 112 Å². The van der Waals surface area contributed by atoms with E-state index in [-0.39, 0.29) is 5.82 Å². The molecule has 1 aromatic heterocycles. The molecular weight excluding hydrogens is 239 g/mol.